The number of hydrogen-bond donors (Lipinski definition) is 3. The van der Waals surface area contributed by atoms with Crippen LogP contribution in [-0.2, 0) is 14.4 Å². The minimum absolute atomic E-state index is 0.00714. The van der Waals surface area contributed by atoms with Crippen LogP contribution in [0.25, 0.3) is 0 Å². The van der Waals surface area contributed by atoms with E-state index >= 15 is 0 Å². The molecule has 4 N–H and O–H groups in total. The summed E-state index contributed by atoms with van der Waals surface area (Å²) in [6, 6.07) is -1.14. The number of carboxylic acids is 2. The van der Waals surface area contributed by atoms with Gasteiger partial charge in [0.05, 0.1) is 12.0 Å². The molecule has 0 aliphatic carbocycles. The number of amides is 1. The second kappa shape index (κ2) is 5.45. The van der Waals surface area contributed by atoms with Crippen molar-refractivity contribution in [3.8, 4) is 0 Å². The van der Waals surface area contributed by atoms with Gasteiger partial charge in [-0.15, -0.1) is 11.8 Å². The second-order valence-corrected chi connectivity index (χ2v) is 5.94. The number of rotatable bonds is 6. The largest absolute Gasteiger partial charge is 0.480 e. The fraction of sp³-hybridized carbons (Fsp3) is 0.583. The Morgan fingerprint density at radius 1 is 1.50 bits per heavy atom. The Hall–Kier alpha value is -1.54. The van der Waals surface area contributed by atoms with Crippen LogP contribution in [0, 0.1) is 5.92 Å². The topological polar surface area (TPSA) is 121 Å². The SMILES string of the molecule is CC[C@@H]1C(=O)N2C(C(=O)O)=C(SC[C@H](N)C(=O)O)C[C@H]12. The molecular formula is C12H16N2O5S. The highest BCUT2D eigenvalue weighted by Crippen LogP contribution is 2.46. The molecule has 0 spiro atoms. The number of aliphatic carboxylic acids is 2. The maximum Gasteiger partial charge on any atom is 0.353 e. The number of thioether (sulfide) groups is 1. The normalized spacial score (nSPS) is 26.3. The molecule has 2 rings (SSSR count). The zero-order valence-electron chi connectivity index (χ0n) is 10.9. The molecule has 1 saturated heterocycles. The third kappa shape index (κ3) is 2.29. The number of nitrogens with zero attached hydrogens (tertiary/aromatic N) is 1. The number of hydrogen-bond acceptors (Lipinski definition) is 5. The van der Waals surface area contributed by atoms with Crippen molar-refractivity contribution in [2.75, 3.05) is 5.75 Å². The molecule has 0 aromatic heterocycles. The van der Waals surface area contributed by atoms with E-state index in [1.165, 1.54) is 4.90 Å². The summed E-state index contributed by atoms with van der Waals surface area (Å²) in [5, 5.41) is 18.0. The molecule has 0 bridgehead atoms. The fourth-order valence-corrected chi connectivity index (χ4v) is 3.73. The van der Waals surface area contributed by atoms with Gasteiger partial charge in [-0.3, -0.25) is 9.59 Å². The van der Waals surface area contributed by atoms with Crippen LogP contribution in [0.2, 0.25) is 0 Å². The third-order valence-corrected chi connectivity index (χ3v) is 4.88. The molecule has 0 aromatic rings. The molecule has 7 nitrogen and oxygen atoms in total. The van der Waals surface area contributed by atoms with Crippen molar-refractivity contribution in [1.29, 1.82) is 0 Å². The lowest BCUT2D eigenvalue weighted by Gasteiger charge is -2.42. The molecule has 0 aromatic carbocycles. The van der Waals surface area contributed by atoms with E-state index in [1.54, 1.807) is 0 Å². The van der Waals surface area contributed by atoms with Crippen LogP contribution in [0.1, 0.15) is 19.8 Å². The molecule has 1 fully saturated rings. The molecule has 0 saturated carbocycles. The lowest BCUT2D eigenvalue weighted by Crippen LogP contribution is -2.58. The van der Waals surface area contributed by atoms with Crippen LogP contribution in [-0.4, -0.2) is 50.8 Å². The molecule has 0 radical (unpaired) electrons. The van der Waals surface area contributed by atoms with E-state index in [0.717, 1.165) is 11.8 Å². The molecular weight excluding hydrogens is 284 g/mol. The van der Waals surface area contributed by atoms with Gasteiger partial charge in [-0.1, -0.05) is 6.92 Å². The lowest BCUT2D eigenvalue weighted by molar-refractivity contribution is -0.155. The Labute approximate surface area is 119 Å². The highest BCUT2D eigenvalue weighted by Gasteiger charge is 2.54. The van der Waals surface area contributed by atoms with E-state index in [2.05, 4.69) is 0 Å². The predicted molar refractivity (Wildman–Crippen MR) is 71.8 cm³/mol. The van der Waals surface area contributed by atoms with E-state index in [1.807, 2.05) is 6.92 Å². The Kier molecular flexibility index (Phi) is 4.05. The van der Waals surface area contributed by atoms with Crippen molar-refractivity contribution in [3.05, 3.63) is 10.6 Å². The summed E-state index contributed by atoms with van der Waals surface area (Å²) in [7, 11) is 0. The van der Waals surface area contributed by atoms with Crippen molar-refractivity contribution in [2.45, 2.75) is 31.8 Å². The molecule has 2 aliphatic heterocycles. The highest BCUT2D eigenvalue weighted by molar-refractivity contribution is 8.03. The zero-order chi connectivity index (χ0) is 15.0. The first kappa shape index (κ1) is 14.9. The van der Waals surface area contributed by atoms with Gasteiger partial charge >= 0.3 is 11.9 Å². The summed E-state index contributed by atoms with van der Waals surface area (Å²) < 4.78 is 0. The number of carboxylic acid groups (broad SMARTS) is 2. The van der Waals surface area contributed by atoms with Crippen molar-refractivity contribution in [2.24, 2.45) is 11.7 Å². The Morgan fingerprint density at radius 2 is 2.15 bits per heavy atom. The first-order valence-corrected chi connectivity index (χ1v) is 7.27. The van der Waals surface area contributed by atoms with Gasteiger partial charge in [-0.2, -0.15) is 0 Å². The first-order chi connectivity index (χ1) is 9.38. The van der Waals surface area contributed by atoms with Crippen LogP contribution >= 0.6 is 11.8 Å². The average Bonchev–Trinajstić information content (AvgIpc) is 2.71. The Balaban J connectivity index is 2.13. The predicted octanol–water partition coefficient (Wildman–Crippen LogP) is 0.0684. The number of carbonyl (C=O) groups is 3. The Morgan fingerprint density at radius 3 is 2.65 bits per heavy atom. The van der Waals surface area contributed by atoms with Crippen LogP contribution in [0.5, 0.6) is 0 Å². The number of nitrogens with two attached hydrogens (primary N) is 1. The molecule has 0 unspecified atom stereocenters. The minimum Gasteiger partial charge on any atom is -0.480 e. The molecule has 3 atom stereocenters. The number of carbonyl (C=O) groups excluding carboxylic acids is 1. The van der Waals surface area contributed by atoms with Crippen molar-refractivity contribution >= 4 is 29.6 Å². The monoisotopic (exact) mass is 300 g/mol. The standard InChI is InChI=1S/C12H16N2O5S/c1-2-5-7-3-8(20-4-6(13)11(16)17)9(12(18)19)14(7)10(5)15/h5-7H,2-4,13H2,1H3,(H,16,17)(H,18,19)/t5-,6-,7+/m0/s1. The van der Waals surface area contributed by atoms with Gasteiger partial charge in [-0.05, 0) is 6.42 Å². The maximum absolute atomic E-state index is 11.9. The number of fused-ring (bicyclic) bond motifs is 1. The highest BCUT2D eigenvalue weighted by atomic mass is 32.2. The summed E-state index contributed by atoms with van der Waals surface area (Å²) in [5.74, 6) is -2.48. The van der Waals surface area contributed by atoms with Gasteiger partial charge in [0.2, 0.25) is 5.91 Å². The van der Waals surface area contributed by atoms with Crippen molar-refractivity contribution < 1.29 is 24.6 Å². The van der Waals surface area contributed by atoms with Gasteiger partial charge in [0.25, 0.3) is 0 Å². The van der Waals surface area contributed by atoms with Crippen molar-refractivity contribution in [3.63, 3.8) is 0 Å². The quantitative estimate of drug-likeness (QED) is 0.593. The summed E-state index contributed by atoms with van der Waals surface area (Å²) in [5.41, 5.74) is 5.40. The van der Waals surface area contributed by atoms with Gasteiger partial charge in [0, 0.05) is 17.1 Å². The van der Waals surface area contributed by atoms with Crippen molar-refractivity contribution in [1.82, 2.24) is 4.90 Å². The maximum atomic E-state index is 11.9. The molecule has 2 aliphatic rings. The van der Waals surface area contributed by atoms with Crippen LogP contribution in [0.3, 0.4) is 0 Å². The van der Waals surface area contributed by atoms with E-state index in [0.29, 0.717) is 17.7 Å². The van der Waals surface area contributed by atoms with Gasteiger partial charge < -0.3 is 20.8 Å². The van der Waals surface area contributed by atoms with Gasteiger partial charge in [-0.25, -0.2) is 4.79 Å². The lowest BCUT2D eigenvalue weighted by atomic mass is 9.85. The zero-order valence-corrected chi connectivity index (χ0v) is 11.7. The molecule has 20 heavy (non-hydrogen) atoms. The average molecular weight is 300 g/mol. The molecule has 2 heterocycles. The van der Waals surface area contributed by atoms with E-state index in [9.17, 15) is 19.5 Å². The van der Waals surface area contributed by atoms with E-state index in [-0.39, 0.29) is 29.3 Å². The molecule has 8 heteroatoms. The number of β-lactam (4-membered cyclic amide) rings is 1. The van der Waals surface area contributed by atoms with E-state index < -0.39 is 18.0 Å². The van der Waals surface area contributed by atoms with Gasteiger partial charge in [0.1, 0.15) is 11.7 Å². The summed E-state index contributed by atoms with van der Waals surface area (Å²) in [4.78, 5) is 35.7. The van der Waals surface area contributed by atoms with Crippen LogP contribution < -0.4 is 5.73 Å². The summed E-state index contributed by atoms with van der Waals surface area (Å²) >= 11 is 1.12. The summed E-state index contributed by atoms with van der Waals surface area (Å²) in [6.45, 7) is 1.89. The first-order valence-electron chi connectivity index (χ1n) is 6.29. The second-order valence-electron chi connectivity index (χ2n) is 4.83. The third-order valence-electron chi connectivity index (χ3n) is 3.65. The fourth-order valence-electron chi connectivity index (χ4n) is 2.59. The molecule has 1 amide bonds. The van der Waals surface area contributed by atoms with Gasteiger partial charge in [0.15, 0.2) is 0 Å². The smallest absolute Gasteiger partial charge is 0.353 e. The van der Waals surface area contributed by atoms with Crippen LogP contribution in [0.15, 0.2) is 10.6 Å². The van der Waals surface area contributed by atoms with E-state index in [4.69, 9.17) is 10.8 Å². The van der Waals surface area contributed by atoms with Crippen LogP contribution in [0.4, 0.5) is 0 Å². The minimum atomic E-state index is -1.15. The summed E-state index contributed by atoms with van der Waals surface area (Å²) in [6.07, 6.45) is 1.16. The Bertz CT molecular complexity index is 504. The molecule has 110 valence electrons.